The Labute approximate surface area is 67.7 Å². The molecule has 0 saturated heterocycles. The molecule has 4 nitrogen and oxygen atoms in total. The first-order valence-electron chi connectivity index (χ1n) is 2.98. The molecule has 0 heterocycles. The Morgan fingerprint density at radius 1 is 1.91 bits per heavy atom. The van der Waals surface area contributed by atoms with Crippen LogP contribution in [0.25, 0.3) is 0 Å². The minimum Gasteiger partial charge on any atom is -0.294 e. The second-order valence-electron chi connectivity index (χ2n) is 2.01. The Kier molecular flexibility index (Phi) is 4.93. The van der Waals surface area contributed by atoms with Gasteiger partial charge in [0, 0.05) is 5.92 Å². The molecule has 0 aromatic carbocycles. The summed E-state index contributed by atoms with van der Waals surface area (Å²) >= 11 is -2.29. The second kappa shape index (κ2) is 5.17. The summed E-state index contributed by atoms with van der Waals surface area (Å²) in [5, 5.41) is 0. The topological polar surface area (TPSA) is 63.6 Å². The molecule has 0 aliphatic rings. The number of hydrogen-bond acceptors (Lipinski definition) is 3. The smallest absolute Gasteiger partial charge is 0.294 e. The molecule has 2 unspecified atom stereocenters. The van der Waals surface area contributed by atoms with Crippen molar-refractivity contribution in [2.24, 2.45) is 5.92 Å². The molecule has 0 fully saturated rings. The van der Waals surface area contributed by atoms with Crippen LogP contribution in [0.3, 0.4) is 0 Å². The molecule has 0 spiro atoms. The minimum absolute atomic E-state index is 0.0615. The first kappa shape index (κ1) is 10.5. The molecule has 0 amide bonds. The lowest BCUT2D eigenvalue weighted by Gasteiger charge is -2.04. The van der Waals surface area contributed by atoms with Crippen LogP contribution >= 0.6 is 0 Å². The SMILES string of the molecule is C=CC(=O)C(C)COS(=O)O. The first-order chi connectivity index (χ1) is 5.07. The van der Waals surface area contributed by atoms with Gasteiger partial charge in [-0.25, -0.2) is 0 Å². The van der Waals surface area contributed by atoms with Crippen LogP contribution in [-0.4, -0.2) is 21.2 Å². The molecule has 5 heteroatoms. The zero-order chi connectivity index (χ0) is 8.85. The first-order valence-corrected chi connectivity index (χ1v) is 4.01. The van der Waals surface area contributed by atoms with Gasteiger partial charge in [0.05, 0.1) is 6.61 Å². The maximum atomic E-state index is 10.7. The zero-order valence-corrected chi connectivity index (χ0v) is 6.97. The average Bonchev–Trinajstić information content (AvgIpc) is 1.98. The van der Waals surface area contributed by atoms with Crippen molar-refractivity contribution in [3.8, 4) is 0 Å². The molecule has 0 bridgehead atoms. The van der Waals surface area contributed by atoms with Crippen LogP contribution in [0.4, 0.5) is 0 Å². The maximum Gasteiger partial charge on any atom is 0.301 e. The lowest BCUT2D eigenvalue weighted by atomic mass is 10.1. The Bertz CT molecular complexity index is 177. The van der Waals surface area contributed by atoms with Crippen LogP contribution in [0.1, 0.15) is 6.92 Å². The van der Waals surface area contributed by atoms with Crippen molar-refractivity contribution in [1.29, 1.82) is 0 Å². The Morgan fingerprint density at radius 2 is 2.45 bits per heavy atom. The van der Waals surface area contributed by atoms with Gasteiger partial charge in [-0.3, -0.25) is 13.5 Å². The number of carbonyl (C=O) groups excluding carboxylic acids is 1. The summed E-state index contributed by atoms with van der Waals surface area (Å²) in [4.78, 5) is 10.7. The molecule has 64 valence electrons. The van der Waals surface area contributed by atoms with Crippen molar-refractivity contribution in [3.63, 3.8) is 0 Å². The van der Waals surface area contributed by atoms with E-state index in [1.165, 1.54) is 0 Å². The highest BCUT2D eigenvalue weighted by Crippen LogP contribution is 1.98. The Morgan fingerprint density at radius 3 is 2.82 bits per heavy atom. The number of carbonyl (C=O) groups is 1. The fourth-order valence-corrected chi connectivity index (χ4v) is 0.764. The predicted molar refractivity (Wildman–Crippen MR) is 41.1 cm³/mol. The normalized spacial score (nSPS) is 15.5. The lowest BCUT2D eigenvalue weighted by Crippen LogP contribution is -2.15. The summed E-state index contributed by atoms with van der Waals surface area (Å²) < 4.78 is 22.4. The van der Waals surface area contributed by atoms with Gasteiger partial charge in [-0.2, -0.15) is 4.21 Å². The van der Waals surface area contributed by atoms with Gasteiger partial charge < -0.3 is 0 Å². The number of rotatable bonds is 5. The van der Waals surface area contributed by atoms with E-state index in [4.69, 9.17) is 4.55 Å². The fourth-order valence-electron chi connectivity index (χ4n) is 0.444. The average molecular weight is 178 g/mol. The van der Waals surface area contributed by atoms with Crippen LogP contribution < -0.4 is 0 Å². The van der Waals surface area contributed by atoms with E-state index in [0.29, 0.717) is 0 Å². The molecular formula is C6H10O4S. The van der Waals surface area contributed by atoms with Gasteiger partial charge in [0.15, 0.2) is 5.78 Å². The van der Waals surface area contributed by atoms with Crippen LogP contribution in [0.15, 0.2) is 12.7 Å². The van der Waals surface area contributed by atoms with Crippen LogP contribution in [0.2, 0.25) is 0 Å². The molecule has 1 N–H and O–H groups in total. The third-order valence-corrected chi connectivity index (χ3v) is 1.44. The highest BCUT2D eigenvalue weighted by molar-refractivity contribution is 7.74. The standard InChI is InChI=1S/C6H10O4S/c1-3-6(7)5(2)4-10-11(8)9/h3,5H,1,4H2,2H3,(H,8,9). The van der Waals surface area contributed by atoms with Gasteiger partial charge in [0.2, 0.25) is 0 Å². The van der Waals surface area contributed by atoms with Crippen molar-refractivity contribution >= 4 is 17.1 Å². The van der Waals surface area contributed by atoms with Crippen LogP contribution in [-0.2, 0) is 20.3 Å². The van der Waals surface area contributed by atoms with Crippen LogP contribution in [0, 0.1) is 5.92 Å². The third kappa shape index (κ3) is 4.83. The summed E-state index contributed by atoms with van der Waals surface area (Å²) in [6.45, 7) is 4.80. The van der Waals surface area contributed by atoms with E-state index in [1.54, 1.807) is 6.92 Å². The van der Waals surface area contributed by atoms with Crippen molar-refractivity contribution in [2.75, 3.05) is 6.61 Å². The Hall–Kier alpha value is -0.520. The number of hydrogen-bond donors (Lipinski definition) is 1. The second-order valence-corrected chi connectivity index (χ2v) is 2.68. The van der Waals surface area contributed by atoms with Crippen molar-refractivity contribution in [2.45, 2.75) is 6.92 Å². The molecule has 0 aliphatic heterocycles. The van der Waals surface area contributed by atoms with Gasteiger partial charge in [-0.15, -0.1) is 0 Å². The molecule has 0 rings (SSSR count). The quantitative estimate of drug-likeness (QED) is 0.492. The highest BCUT2D eigenvalue weighted by Gasteiger charge is 2.10. The van der Waals surface area contributed by atoms with Crippen LogP contribution in [0.5, 0.6) is 0 Å². The summed E-state index contributed by atoms with van der Waals surface area (Å²) in [5.74, 6) is -0.612. The van der Waals surface area contributed by atoms with E-state index < -0.39 is 17.3 Å². The number of ketones is 1. The van der Waals surface area contributed by atoms with E-state index in [9.17, 15) is 9.00 Å². The molecule has 2 atom stereocenters. The summed E-state index contributed by atoms with van der Waals surface area (Å²) in [5.41, 5.74) is 0. The van der Waals surface area contributed by atoms with Crippen molar-refractivity contribution in [1.82, 2.24) is 0 Å². The fraction of sp³-hybridized carbons (Fsp3) is 0.500. The summed E-state index contributed by atoms with van der Waals surface area (Å²) in [6.07, 6.45) is 1.16. The van der Waals surface area contributed by atoms with E-state index in [2.05, 4.69) is 10.8 Å². The predicted octanol–water partition coefficient (Wildman–Crippen LogP) is 0.531. The van der Waals surface area contributed by atoms with E-state index in [1.807, 2.05) is 0 Å². The molecule has 0 aromatic heterocycles. The van der Waals surface area contributed by atoms with E-state index in [0.717, 1.165) is 6.08 Å². The largest absolute Gasteiger partial charge is 0.301 e. The van der Waals surface area contributed by atoms with Gasteiger partial charge in [-0.1, -0.05) is 13.5 Å². The van der Waals surface area contributed by atoms with Crippen molar-refractivity contribution in [3.05, 3.63) is 12.7 Å². The molecule has 0 saturated carbocycles. The van der Waals surface area contributed by atoms with E-state index >= 15 is 0 Å². The van der Waals surface area contributed by atoms with E-state index in [-0.39, 0.29) is 12.4 Å². The molecule has 0 radical (unpaired) electrons. The van der Waals surface area contributed by atoms with Gasteiger partial charge in [0.1, 0.15) is 0 Å². The van der Waals surface area contributed by atoms with Crippen molar-refractivity contribution < 1.29 is 17.7 Å². The van der Waals surface area contributed by atoms with Gasteiger partial charge in [0.25, 0.3) is 0 Å². The number of allylic oxidation sites excluding steroid dienone is 1. The minimum atomic E-state index is -2.29. The van der Waals surface area contributed by atoms with Gasteiger partial charge >= 0.3 is 11.4 Å². The maximum absolute atomic E-state index is 10.7. The zero-order valence-electron chi connectivity index (χ0n) is 6.15. The highest BCUT2D eigenvalue weighted by atomic mass is 32.2. The molecule has 11 heavy (non-hydrogen) atoms. The summed E-state index contributed by atoms with van der Waals surface area (Å²) in [6, 6.07) is 0. The third-order valence-electron chi connectivity index (χ3n) is 1.11. The molecule has 0 aromatic rings. The Balaban J connectivity index is 3.68. The summed E-state index contributed by atoms with van der Waals surface area (Å²) in [7, 11) is 0. The van der Waals surface area contributed by atoms with Gasteiger partial charge in [-0.05, 0) is 6.08 Å². The lowest BCUT2D eigenvalue weighted by molar-refractivity contribution is -0.118. The molecular weight excluding hydrogens is 168 g/mol. The molecule has 0 aliphatic carbocycles. The monoisotopic (exact) mass is 178 g/mol.